The fraction of sp³-hybridized carbons (Fsp3) is 0.333. The first kappa shape index (κ1) is 11.6. The van der Waals surface area contributed by atoms with Gasteiger partial charge in [0.2, 0.25) is 0 Å². The predicted molar refractivity (Wildman–Crippen MR) is 47.5 cm³/mol. The Morgan fingerprint density at radius 1 is 1.13 bits per heavy atom. The van der Waals surface area contributed by atoms with Crippen molar-refractivity contribution < 1.29 is 23.4 Å². The second-order valence-electron chi connectivity index (χ2n) is 3.00. The minimum atomic E-state index is -4.39. The molecule has 6 heteroatoms. The Balaban J connectivity index is 2.48. The van der Waals surface area contributed by atoms with E-state index in [2.05, 4.69) is 0 Å². The summed E-state index contributed by atoms with van der Waals surface area (Å²) in [6, 6.07) is 3.92. The van der Waals surface area contributed by atoms with Crippen LogP contribution in [0.3, 0.4) is 0 Å². The van der Waals surface area contributed by atoms with Crippen molar-refractivity contribution in [3.05, 3.63) is 23.8 Å². The Morgan fingerprint density at radius 3 is 2.33 bits per heavy atom. The fourth-order valence-electron chi connectivity index (χ4n) is 1.07. The molecule has 1 aromatic carbocycles. The highest BCUT2D eigenvalue weighted by molar-refractivity contribution is 5.40. The van der Waals surface area contributed by atoms with Gasteiger partial charge in [-0.2, -0.15) is 13.2 Å². The van der Waals surface area contributed by atoms with Gasteiger partial charge in [-0.1, -0.05) is 6.07 Å². The van der Waals surface area contributed by atoms with Crippen molar-refractivity contribution in [2.75, 3.05) is 6.54 Å². The van der Waals surface area contributed by atoms with Gasteiger partial charge in [0.05, 0.1) is 0 Å². The molecule has 0 saturated carbocycles. The lowest BCUT2D eigenvalue weighted by molar-refractivity contribution is -0.156. The van der Waals surface area contributed by atoms with Crippen molar-refractivity contribution in [2.24, 2.45) is 0 Å². The Kier molecular flexibility index (Phi) is 3.41. The van der Waals surface area contributed by atoms with Crippen molar-refractivity contribution in [2.45, 2.75) is 12.7 Å². The Labute approximate surface area is 84.2 Å². The molecule has 3 N–H and O–H groups in total. The van der Waals surface area contributed by atoms with Crippen LogP contribution in [0.5, 0.6) is 11.5 Å². The molecule has 0 aliphatic rings. The molecule has 3 nitrogen and oxygen atoms in total. The maximum Gasteiger partial charge on any atom is 0.457 e. The lowest BCUT2D eigenvalue weighted by Gasteiger charge is -2.08. The topological polar surface area (TPSA) is 52.5 Å². The van der Waals surface area contributed by atoms with Crippen LogP contribution in [0.4, 0.5) is 13.2 Å². The SMILES string of the molecule is Oc1ccc(CCNC(F)(F)F)cc1O. The molecule has 0 atom stereocenters. The number of nitrogens with one attached hydrogen (secondary N) is 1. The summed E-state index contributed by atoms with van der Waals surface area (Å²) < 4.78 is 35.1. The van der Waals surface area contributed by atoms with Gasteiger partial charge in [-0.05, 0) is 24.1 Å². The van der Waals surface area contributed by atoms with Gasteiger partial charge < -0.3 is 10.2 Å². The van der Waals surface area contributed by atoms with Crippen molar-refractivity contribution in [1.29, 1.82) is 0 Å². The lowest BCUT2D eigenvalue weighted by atomic mass is 10.1. The van der Waals surface area contributed by atoms with Crippen molar-refractivity contribution in [3.8, 4) is 11.5 Å². The molecular formula is C9H10F3NO2. The van der Waals surface area contributed by atoms with E-state index in [1.54, 1.807) is 0 Å². The monoisotopic (exact) mass is 221 g/mol. The second-order valence-corrected chi connectivity index (χ2v) is 3.00. The highest BCUT2D eigenvalue weighted by Gasteiger charge is 2.25. The van der Waals surface area contributed by atoms with Gasteiger partial charge in [-0.3, -0.25) is 0 Å². The Morgan fingerprint density at radius 2 is 1.80 bits per heavy atom. The molecular weight excluding hydrogens is 211 g/mol. The van der Waals surface area contributed by atoms with Gasteiger partial charge in [0.15, 0.2) is 11.5 Å². The first-order chi connectivity index (χ1) is 6.88. The molecule has 0 radical (unpaired) electrons. The summed E-state index contributed by atoms with van der Waals surface area (Å²) in [6.45, 7) is -0.270. The molecule has 0 heterocycles. The molecule has 0 amide bonds. The number of hydrogen-bond donors (Lipinski definition) is 3. The van der Waals surface area contributed by atoms with Crippen LogP contribution in [0.2, 0.25) is 0 Å². The molecule has 0 unspecified atom stereocenters. The van der Waals surface area contributed by atoms with Crippen LogP contribution in [0.1, 0.15) is 5.56 Å². The van der Waals surface area contributed by atoms with Crippen LogP contribution in [0.15, 0.2) is 18.2 Å². The highest BCUT2D eigenvalue weighted by atomic mass is 19.4. The van der Waals surface area contributed by atoms with Gasteiger partial charge >= 0.3 is 6.30 Å². The Bertz CT molecular complexity index is 339. The number of benzene rings is 1. The van der Waals surface area contributed by atoms with Gasteiger partial charge in [-0.25, -0.2) is 5.32 Å². The van der Waals surface area contributed by atoms with E-state index in [1.807, 2.05) is 0 Å². The zero-order valence-electron chi connectivity index (χ0n) is 7.67. The van der Waals surface area contributed by atoms with E-state index in [0.717, 1.165) is 0 Å². The largest absolute Gasteiger partial charge is 0.504 e. The third kappa shape index (κ3) is 4.07. The molecule has 84 valence electrons. The standard InChI is InChI=1S/C9H10F3NO2/c10-9(11,12)13-4-3-6-1-2-7(14)8(15)5-6/h1-2,5,13-15H,3-4H2. The van der Waals surface area contributed by atoms with Crippen LogP contribution in [0, 0.1) is 0 Å². The second kappa shape index (κ2) is 4.39. The third-order valence-corrected chi connectivity index (χ3v) is 1.78. The normalized spacial score (nSPS) is 11.7. The van der Waals surface area contributed by atoms with Crippen LogP contribution in [-0.2, 0) is 6.42 Å². The molecule has 0 bridgehead atoms. The number of halogens is 3. The summed E-state index contributed by atoms with van der Waals surface area (Å²) in [5, 5.41) is 19.4. The summed E-state index contributed by atoms with van der Waals surface area (Å²) >= 11 is 0. The van der Waals surface area contributed by atoms with Gasteiger partial charge in [0.1, 0.15) is 0 Å². The van der Waals surface area contributed by atoms with E-state index in [1.165, 1.54) is 23.5 Å². The molecule has 0 fully saturated rings. The Hall–Kier alpha value is -1.43. The highest BCUT2D eigenvalue weighted by Crippen LogP contribution is 2.24. The number of phenols is 2. The molecule has 0 aliphatic carbocycles. The maximum absolute atomic E-state index is 11.7. The van der Waals surface area contributed by atoms with Crippen LogP contribution < -0.4 is 5.32 Å². The number of rotatable bonds is 3. The summed E-state index contributed by atoms with van der Waals surface area (Å²) in [5.74, 6) is -0.623. The lowest BCUT2D eigenvalue weighted by Crippen LogP contribution is -2.33. The summed E-state index contributed by atoms with van der Waals surface area (Å²) in [7, 11) is 0. The van der Waals surface area contributed by atoms with E-state index in [9.17, 15) is 13.2 Å². The number of aromatic hydroxyl groups is 2. The molecule has 1 aromatic rings. The van der Waals surface area contributed by atoms with E-state index >= 15 is 0 Å². The van der Waals surface area contributed by atoms with E-state index in [0.29, 0.717) is 5.56 Å². The van der Waals surface area contributed by atoms with E-state index in [-0.39, 0.29) is 24.5 Å². The number of hydrogen-bond acceptors (Lipinski definition) is 3. The predicted octanol–water partition coefficient (Wildman–Crippen LogP) is 1.75. The summed E-state index contributed by atoms with van der Waals surface area (Å²) in [6.07, 6.45) is -4.27. The van der Waals surface area contributed by atoms with E-state index < -0.39 is 6.30 Å². The zero-order chi connectivity index (χ0) is 11.5. The maximum atomic E-state index is 11.7. The third-order valence-electron chi connectivity index (χ3n) is 1.78. The molecule has 0 spiro atoms. The molecule has 0 aromatic heterocycles. The smallest absolute Gasteiger partial charge is 0.457 e. The average Bonchev–Trinajstić information content (AvgIpc) is 2.09. The van der Waals surface area contributed by atoms with Gasteiger partial charge in [0, 0.05) is 6.54 Å². The number of phenolic OH excluding ortho intramolecular Hbond substituents is 2. The van der Waals surface area contributed by atoms with Crippen LogP contribution in [0.25, 0.3) is 0 Å². The minimum absolute atomic E-state index is 0.118. The minimum Gasteiger partial charge on any atom is -0.504 e. The van der Waals surface area contributed by atoms with Gasteiger partial charge in [-0.15, -0.1) is 0 Å². The summed E-state index contributed by atoms with van der Waals surface area (Å²) in [4.78, 5) is 0. The molecule has 15 heavy (non-hydrogen) atoms. The first-order valence-corrected chi connectivity index (χ1v) is 4.21. The summed E-state index contributed by atoms with van der Waals surface area (Å²) in [5.41, 5.74) is 0.516. The van der Waals surface area contributed by atoms with E-state index in [4.69, 9.17) is 10.2 Å². The zero-order valence-corrected chi connectivity index (χ0v) is 7.67. The van der Waals surface area contributed by atoms with Crippen molar-refractivity contribution >= 4 is 0 Å². The van der Waals surface area contributed by atoms with Crippen molar-refractivity contribution in [3.63, 3.8) is 0 Å². The van der Waals surface area contributed by atoms with Gasteiger partial charge in [0.25, 0.3) is 0 Å². The number of alkyl halides is 3. The molecule has 0 saturated heterocycles. The average molecular weight is 221 g/mol. The van der Waals surface area contributed by atoms with Crippen molar-refractivity contribution in [1.82, 2.24) is 5.32 Å². The van der Waals surface area contributed by atoms with Crippen LogP contribution >= 0.6 is 0 Å². The fourth-order valence-corrected chi connectivity index (χ4v) is 1.07. The molecule has 1 rings (SSSR count). The first-order valence-electron chi connectivity index (χ1n) is 4.21. The quantitative estimate of drug-likeness (QED) is 0.538. The van der Waals surface area contributed by atoms with Crippen LogP contribution in [-0.4, -0.2) is 23.1 Å². The molecule has 0 aliphatic heterocycles.